The molecule has 18 heavy (non-hydrogen) atoms. The van der Waals surface area contributed by atoms with Gasteiger partial charge in [0.15, 0.2) is 0 Å². The average molecular weight is 307 g/mol. The molecular formula is C11H15ClN2O2S2. The van der Waals surface area contributed by atoms with Gasteiger partial charge in [-0.05, 0) is 24.6 Å². The molecule has 0 radical (unpaired) electrons. The number of nitrogen functional groups attached to an aromatic ring is 1. The fourth-order valence-corrected chi connectivity index (χ4v) is 4.69. The topological polar surface area (TPSA) is 63.4 Å². The van der Waals surface area contributed by atoms with E-state index in [-0.39, 0.29) is 4.90 Å². The highest BCUT2D eigenvalue weighted by molar-refractivity contribution is 7.99. The first kappa shape index (κ1) is 14.0. The predicted octanol–water partition coefficient (Wildman–Crippen LogP) is 1.97. The fraction of sp³-hybridized carbons (Fsp3) is 0.455. The Bertz CT molecular complexity index is 531. The molecule has 2 rings (SSSR count). The summed E-state index contributed by atoms with van der Waals surface area (Å²) in [4.78, 5) is 0.183. The lowest BCUT2D eigenvalue weighted by molar-refractivity contribution is 0.443. The van der Waals surface area contributed by atoms with Crippen LogP contribution in [0.25, 0.3) is 0 Å². The molecule has 0 aromatic heterocycles. The minimum atomic E-state index is -3.47. The monoisotopic (exact) mass is 306 g/mol. The van der Waals surface area contributed by atoms with Crippen LogP contribution in [0.15, 0.2) is 17.0 Å². The maximum Gasteiger partial charge on any atom is 0.243 e. The molecule has 1 saturated heterocycles. The summed E-state index contributed by atoms with van der Waals surface area (Å²) >= 11 is 7.76. The molecule has 1 aromatic rings. The minimum absolute atomic E-state index is 0.183. The molecule has 0 atom stereocenters. The van der Waals surface area contributed by atoms with Crippen molar-refractivity contribution in [2.75, 3.05) is 30.3 Å². The highest BCUT2D eigenvalue weighted by atomic mass is 35.5. The molecule has 1 fully saturated rings. The summed E-state index contributed by atoms with van der Waals surface area (Å²) < 4.78 is 26.3. The average Bonchev–Trinajstić information content (AvgIpc) is 2.36. The highest BCUT2D eigenvalue weighted by Gasteiger charge is 2.27. The SMILES string of the molecule is Cc1c(N)cc(S(=O)(=O)N2CCSCC2)cc1Cl. The molecule has 1 aliphatic heterocycles. The van der Waals surface area contributed by atoms with Gasteiger partial charge in [-0.15, -0.1) is 0 Å². The van der Waals surface area contributed by atoms with E-state index in [1.807, 2.05) is 0 Å². The molecule has 4 nitrogen and oxygen atoms in total. The third kappa shape index (κ3) is 2.61. The van der Waals surface area contributed by atoms with Crippen molar-refractivity contribution in [3.05, 3.63) is 22.7 Å². The number of benzene rings is 1. The third-order valence-electron chi connectivity index (χ3n) is 2.97. The van der Waals surface area contributed by atoms with Crippen LogP contribution >= 0.6 is 23.4 Å². The van der Waals surface area contributed by atoms with Gasteiger partial charge < -0.3 is 5.73 Å². The molecule has 7 heteroatoms. The van der Waals surface area contributed by atoms with Gasteiger partial charge in [0.25, 0.3) is 0 Å². The van der Waals surface area contributed by atoms with E-state index in [0.29, 0.717) is 29.4 Å². The van der Waals surface area contributed by atoms with E-state index < -0.39 is 10.0 Å². The van der Waals surface area contributed by atoms with Gasteiger partial charge in [-0.1, -0.05) is 11.6 Å². The molecule has 0 bridgehead atoms. The second-order valence-electron chi connectivity index (χ2n) is 4.14. The van der Waals surface area contributed by atoms with Crippen molar-refractivity contribution >= 4 is 39.1 Å². The number of sulfonamides is 1. The summed E-state index contributed by atoms with van der Waals surface area (Å²) in [6, 6.07) is 2.96. The number of halogens is 1. The van der Waals surface area contributed by atoms with E-state index in [4.69, 9.17) is 17.3 Å². The smallest absolute Gasteiger partial charge is 0.243 e. The first-order valence-corrected chi connectivity index (χ1v) is 8.53. The van der Waals surface area contributed by atoms with E-state index in [2.05, 4.69) is 0 Å². The molecule has 0 saturated carbocycles. The summed E-state index contributed by atoms with van der Waals surface area (Å²) in [5.41, 5.74) is 6.90. The highest BCUT2D eigenvalue weighted by Crippen LogP contribution is 2.28. The summed E-state index contributed by atoms with van der Waals surface area (Å²) in [6.07, 6.45) is 0. The Balaban J connectivity index is 2.41. The van der Waals surface area contributed by atoms with Crippen LogP contribution in [0.2, 0.25) is 5.02 Å². The van der Waals surface area contributed by atoms with E-state index in [1.54, 1.807) is 18.7 Å². The van der Waals surface area contributed by atoms with Crippen molar-refractivity contribution < 1.29 is 8.42 Å². The summed E-state index contributed by atoms with van der Waals surface area (Å²) in [7, 11) is -3.47. The van der Waals surface area contributed by atoms with Crippen molar-refractivity contribution in [3.63, 3.8) is 0 Å². The molecule has 1 aliphatic rings. The first-order chi connectivity index (χ1) is 8.43. The number of hydrogen-bond donors (Lipinski definition) is 1. The molecule has 100 valence electrons. The maximum absolute atomic E-state index is 12.4. The van der Waals surface area contributed by atoms with Gasteiger partial charge in [0.2, 0.25) is 10.0 Å². The van der Waals surface area contributed by atoms with Crippen LogP contribution in [0, 0.1) is 6.92 Å². The molecule has 0 amide bonds. The van der Waals surface area contributed by atoms with E-state index in [1.165, 1.54) is 16.4 Å². The van der Waals surface area contributed by atoms with Gasteiger partial charge in [-0.25, -0.2) is 8.42 Å². The van der Waals surface area contributed by atoms with Gasteiger partial charge in [-0.2, -0.15) is 16.1 Å². The normalized spacial score (nSPS) is 17.9. The molecule has 1 heterocycles. The molecule has 2 N–H and O–H groups in total. The molecular weight excluding hydrogens is 292 g/mol. The van der Waals surface area contributed by atoms with E-state index >= 15 is 0 Å². The number of thioether (sulfide) groups is 1. The summed E-state index contributed by atoms with van der Waals surface area (Å²) in [5.74, 6) is 1.66. The predicted molar refractivity (Wildman–Crippen MR) is 76.7 cm³/mol. The minimum Gasteiger partial charge on any atom is -0.398 e. The Hall–Kier alpha value is -0.430. The van der Waals surface area contributed by atoms with Gasteiger partial charge in [0, 0.05) is 35.3 Å². The lowest BCUT2D eigenvalue weighted by atomic mass is 10.2. The molecule has 0 spiro atoms. The number of rotatable bonds is 2. The summed E-state index contributed by atoms with van der Waals surface area (Å²) in [6.45, 7) is 2.85. The molecule has 1 aromatic carbocycles. The van der Waals surface area contributed by atoms with Crippen LogP contribution < -0.4 is 5.73 Å². The van der Waals surface area contributed by atoms with Crippen molar-refractivity contribution in [2.45, 2.75) is 11.8 Å². The van der Waals surface area contributed by atoms with Gasteiger partial charge in [-0.3, -0.25) is 0 Å². The lowest BCUT2D eigenvalue weighted by Gasteiger charge is -2.26. The van der Waals surface area contributed by atoms with Crippen LogP contribution in [0.5, 0.6) is 0 Å². The number of anilines is 1. The van der Waals surface area contributed by atoms with Crippen LogP contribution in [-0.4, -0.2) is 37.3 Å². The Labute approximate surface area is 117 Å². The largest absolute Gasteiger partial charge is 0.398 e. The van der Waals surface area contributed by atoms with Crippen LogP contribution in [0.1, 0.15) is 5.56 Å². The van der Waals surface area contributed by atoms with E-state index in [0.717, 1.165) is 11.5 Å². The zero-order valence-corrected chi connectivity index (χ0v) is 12.4. The Morgan fingerprint density at radius 1 is 1.33 bits per heavy atom. The van der Waals surface area contributed by atoms with Crippen molar-refractivity contribution in [2.24, 2.45) is 0 Å². The Morgan fingerprint density at radius 3 is 2.50 bits per heavy atom. The van der Waals surface area contributed by atoms with Gasteiger partial charge >= 0.3 is 0 Å². The lowest BCUT2D eigenvalue weighted by Crippen LogP contribution is -2.37. The Kier molecular flexibility index (Phi) is 4.11. The van der Waals surface area contributed by atoms with Crippen molar-refractivity contribution in [3.8, 4) is 0 Å². The van der Waals surface area contributed by atoms with Crippen molar-refractivity contribution in [1.82, 2.24) is 4.31 Å². The third-order valence-corrected chi connectivity index (χ3v) is 6.18. The zero-order valence-electron chi connectivity index (χ0n) is 10.0. The molecule has 0 unspecified atom stereocenters. The number of hydrogen-bond acceptors (Lipinski definition) is 4. The van der Waals surface area contributed by atoms with Crippen LogP contribution in [-0.2, 0) is 10.0 Å². The number of nitrogens with zero attached hydrogens (tertiary/aromatic N) is 1. The van der Waals surface area contributed by atoms with Crippen molar-refractivity contribution in [1.29, 1.82) is 0 Å². The maximum atomic E-state index is 12.4. The van der Waals surface area contributed by atoms with Crippen LogP contribution in [0.4, 0.5) is 5.69 Å². The quantitative estimate of drug-likeness (QED) is 0.849. The fourth-order valence-electron chi connectivity index (χ4n) is 1.76. The van der Waals surface area contributed by atoms with Gasteiger partial charge in [0.1, 0.15) is 0 Å². The van der Waals surface area contributed by atoms with Crippen LogP contribution in [0.3, 0.4) is 0 Å². The summed E-state index contributed by atoms with van der Waals surface area (Å²) in [5, 5.41) is 0.389. The first-order valence-electron chi connectivity index (χ1n) is 5.56. The van der Waals surface area contributed by atoms with E-state index in [9.17, 15) is 8.42 Å². The Morgan fingerprint density at radius 2 is 1.94 bits per heavy atom. The van der Waals surface area contributed by atoms with Gasteiger partial charge in [0.05, 0.1) is 4.90 Å². The zero-order chi connectivity index (χ0) is 13.3. The molecule has 0 aliphatic carbocycles. The second kappa shape index (κ2) is 5.28. The number of nitrogens with two attached hydrogens (primary N) is 1. The second-order valence-corrected chi connectivity index (χ2v) is 7.71. The standard InChI is InChI=1S/C11H15ClN2O2S2/c1-8-10(12)6-9(7-11(8)13)18(15,16)14-2-4-17-5-3-14/h6-7H,2-5,13H2,1H3.